The standard InChI is InChI=1S/C27H24Cl2N4O5/c1-27(14-22(33-38-27)17-5-4-12-30-15-17)26(36)32-21(25(35)37-2)13-16-8-10-18(11-9-16)31-24(34)23-19(28)6-3-7-20(23)29/h3-12,15,21H,13-14H2,1-2H3,(H,31,34)(H,32,36)/t21-,27?/m0/s1. The number of nitrogens with one attached hydrogen (secondary N) is 2. The summed E-state index contributed by atoms with van der Waals surface area (Å²) in [7, 11) is 1.25. The summed E-state index contributed by atoms with van der Waals surface area (Å²) in [4.78, 5) is 47.8. The second kappa shape index (κ2) is 11.6. The topological polar surface area (TPSA) is 119 Å². The smallest absolute Gasteiger partial charge is 0.328 e. The Labute approximate surface area is 229 Å². The van der Waals surface area contributed by atoms with Gasteiger partial charge in [0.05, 0.1) is 28.4 Å². The van der Waals surface area contributed by atoms with Gasteiger partial charge in [-0.15, -0.1) is 0 Å². The molecule has 1 aliphatic rings. The van der Waals surface area contributed by atoms with E-state index in [1.54, 1.807) is 67.8 Å². The SMILES string of the molecule is COC(=O)[C@H](Cc1ccc(NC(=O)c2c(Cl)cccc2Cl)cc1)NC(=O)C1(C)CC(c2cccnc2)=NO1. The first-order valence-electron chi connectivity index (χ1n) is 11.6. The quantitative estimate of drug-likeness (QED) is 0.397. The van der Waals surface area contributed by atoms with Crippen LogP contribution in [0.25, 0.3) is 0 Å². The van der Waals surface area contributed by atoms with E-state index in [1.807, 2.05) is 6.07 Å². The molecule has 1 unspecified atom stereocenters. The van der Waals surface area contributed by atoms with Crippen LogP contribution in [0.4, 0.5) is 5.69 Å². The molecule has 38 heavy (non-hydrogen) atoms. The van der Waals surface area contributed by atoms with Crippen LogP contribution in [0.1, 0.15) is 34.8 Å². The van der Waals surface area contributed by atoms with Crippen molar-refractivity contribution in [2.75, 3.05) is 12.4 Å². The van der Waals surface area contributed by atoms with Crippen LogP contribution in [0, 0.1) is 0 Å². The fourth-order valence-electron chi connectivity index (χ4n) is 3.86. The average molecular weight is 555 g/mol. The first-order valence-corrected chi connectivity index (χ1v) is 12.3. The van der Waals surface area contributed by atoms with Crippen LogP contribution in [0.15, 0.2) is 72.1 Å². The number of oxime groups is 1. The third-order valence-electron chi connectivity index (χ3n) is 5.97. The van der Waals surface area contributed by atoms with Crippen LogP contribution >= 0.6 is 23.2 Å². The zero-order valence-electron chi connectivity index (χ0n) is 20.5. The molecule has 2 atom stereocenters. The number of amides is 2. The van der Waals surface area contributed by atoms with Crippen molar-refractivity contribution in [3.63, 3.8) is 0 Å². The second-order valence-electron chi connectivity index (χ2n) is 8.78. The molecule has 9 nitrogen and oxygen atoms in total. The Morgan fingerprint density at radius 2 is 1.79 bits per heavy atom. The Morgan fingerprint density at radius 3 is 2.42 bits per heavy atom. The van der Waals surface area contributed by atoms with Crippen LogP contribution in [-0.4, -0.2) is 47.2 Å². The molecule has 0 fully saturated rings. The van der Waals surface area contributed by atoms with Gasteiger partial charge in [0.25, 0.3) is 11.8 Å². The van der Waals surface area contributed by atoms with Gasteiger partial charge in [-0.05, 0) is 48.9 Å². The second-order valence-corrected chi connectivity index (χ2v) is 9.59. The van der Waals surface area contributed by atoms with E-state index in [1.165, 1.54) is 7.11 Å². The molecule has 11 heteroatoms. The van der Waals surface area contributed by atoms with Crippen molar-refractivity contribution in [3.8, 4) is 0 Å². The summed E-state index contributed by atoms with van der Waals surface area (Å²) < 4.78 is 4.91. The Kier molecular flexibility index (Phi) is 8.29. The van der Waals surface area contributed by atoms with Gasteiger partial charge in [0.1, 0.15) is 6.04 Å². The lowest BCUT2D eigenvalue weighted by Crippen LogP contribution is -2.52. The maximum absolute atomic E-state index is 13.1. The highest BCUT2D eigenvalue weighted by Crippen LogP contribution is 2.28. The number of anilines is 1. The van der Waals surface area contributed by atoms with Gasteiger partial charge in [-0.1, -0.05) is 46.6 Å². The van der Waals surface area contributed by atoms with E-state index in [2.05, 4.69) is 20.8 Å². The number of esters is 1. The zero-order chi connectivity index (χ0) is 27.3. The number of methoxy groups -OCH3 is 1. The van der Waals surface area contributed by atoms with Gasteiger partial charge < -0.3 is 20.2 Å². The number of carbonyl (C=O) groups is 3. The zero-order valence-corrected chi connectivity index (χ0v) is 22.0. The molecule has 0 saturated heterocycles. The molecule has 0 saturated carbocycles. The highest BCUT2D eigenvalue weighted by atomic mass is 35.5. The van der Waals surface area contributed by atoms with Crippen molar-refractivity contribution in [2.45, 2.75) is 31.4 Å². The molecule has 0 spiro atoms. The Hall–Kier alpha value is -3.95. The molecular weight excluding hydrogens is 531 g/mol. The fraction of sp³-hybridized carbons (Fsp3) is 0.222. The van der Waals surface area contributed by atoms with Crippen LogP contribution in [0.2, 0.25) is 10.0 Å². The molecule has 2 N–H and O–H groups in total. The summed E-state index contributed by atoms with van der Waals surface area (Å²) in [6.07, 6.45) is 3.64. The number of hydrogen-bond acceptors (Lipinski definition) is 7. The molecule has 1 aromatic heterocycles. The summed E-state index contributed by atoms with van der Waals surface area (Å²) >= 11 is 12.2. The fourth-order valence-corrected chi connectivity index (χ4v) is 4.43. The van der Waals surface area contributed by atoms with Crippen molar-refractivity contribution in [3.05, 3.63) is 93.7 Å². The van der Waals surface area contributed by atoms with E-state index < -0.39 is 29.4 Å². The van der Waals surface area contributed by atoms with E-state index in [9.17, 15) is 14.4 Å². The Morgan fingerprint density at radius 1 is 1.08 bits per heavy atom. The average Bonchev–Trinajstić information content (AvgIpc) is 3.32. The van der Waals surface area contributed by atoms with Crippen LogP contribution < -0.4 is 10.6 Å². The lowest BCUT2D eigenvalue weighted by molar-refractivity contribution is -0.150. The lowest BCUT2D eigenvalue weighted by atomic mass is 9.95. The molecule has 0 bridgehead atoms. The van der Waals surface area contributed by atoms with Crippen molar-refractivity contribution < 1.29 is 24.0 Å². The first kappa shape index (κ1) is 27.1. The number of hydrogen-bond donors (Lipinski definition) is 2. The third-order valence-corrected chi connectivity index (χ3v) is 6.60. The van der Waals surface area contributed by atoms with E-state index >= 15 is 0 Å². The van der Waals surface area contributed by atoms with E-state index in [4.69, 9.17) is 32.8 Å². The van der Waals surface area contributed by atoms with Crippen molar-refractivity contribution in [1.82, 2.24) is 10.3 Å². The number of ether oxygens (including phenoxy) is 1. The molecule has 2 heterocycles. The lowest BCUT2D eigenvalue weighted by Gasteiger charge is -2.24. The van der Waals surface area contributed by atoms with Crippen LogP contribution in [-0.2, 0) is 25.6 Å². The normalized spacial score (nSPS) is 17.1. The minimum absolute atomic E-state index is 0.148. The molecule has 0 radical (unpaired) electrons. The predicted octanol–water partition coefficient (Wildman–Crippen LogP) is 4.42. The number of nitrogens with zero attached hydrogens (tertiary/aromatic N) is 2. The first-order chi connectivity index (χ1) is 18.2. The summed E-state index contributed by atoms with van der Waals surface area (Å²) in [6.45, 7) is 1.60. The minimum atomic E-state index is -1.30. The molecule has 0 aliphatic carbocycles. The van der Waals surface area contributed by atoms with E-state index in [0.717, 1.165) is 11.1 Å². The van der Waals surface area contributed by atoms with Gasteiger partial charge in [0, 0.05) is 36.5 Å². The summed E-state index contributed by atoms with van der Waals surface area (Å²) in [6, 6.07) is 14.2. The van der Waals surface area contributed by atoms with Gasteiger partial charge in [0.2, 0.25) is 5.60 Å². The summed E-state index contributed by atoms with van der Waals surface area (Å²) in [5.74, 6) is -1.57. The van der Waals surface area contributed by atoms with Gasteiger partial charge in [-0.2, -0.15) is 0 Å². The van der Waals surface area contributed by atoms with Gasteiger partial charge >= 0.3 is 5.97 Å². The number of pyridine rings is 1. The molecule has 2 amide bonds. The van der Waals surface area contributed by atoms with Crippen molar-refractivity contribution in [2.24, 2.45) is 5.16 Å². The Bertz CT molecular complexity index is 1360. The Balaban J connectivity index is 1.41. The van der Waals surface area contributed by atoms with Crippen LogP contribution in [0.5, 0.6) is 0 Å². The van der Waals surface area contributed by atoms with E-state index in [-0.39, 0.29) is 28.5 Å². The van der Waals surface area contributed by atoms with Crippen molar-refractivity contribution in [1.29, 1.82) is 0 Å². The number of aromatic nitrogens is 1. The number of carbonyl (C=O) groups excluding carboxylic acids is 3. The molecule has 4 rings (SSSR count). The van der Waals surface area contributed by atoms with Crippen molar-refractivity contribution >= 4 is 52.4 Å². The molecule has 3 aromatic rings. The maximum atomic E-state index is 13.1. The monoisotopic (exact) mass is 554 g/mol. The van der Waals surface area contributed by atoms with Gasteiger partial charge in [-0.3, -0.25) is 14.6 Å². The number of halogens is 2. The molecular formula is C27H24Cl2N4O5. The largest absolute Gasteiger partial charge is 0.467 e. The van der Waals surface area contributed by atoms with Gasteiger partial charge in [-0.25, -0.2) is 4.79 Å². The number of rotatable bonds is 8. The molecule has 196 valence electrons. The van der Waals surface area contributed by atoms with Crippen LogP contribution in [0.3, 0.4) is 0 Å². The third kappa shape index (κ3) is 6.12. The highest BCUT2D eigenvalue weighted by Gasteiger charge is 2.43. The maximum Gasteiger partial charge on any atom is 0.328 e. The molecule has 1 aliphatic heterocycles. The molecule has 2 aromatic carbocycles. The van der Waals surface area contributed by atoms with E-state index in [0.29, 0.717) is 11.4 Å². The predicted molar refractivity (Wildman–Crippen MR) is 143 cm³/mol. The highest BCUT2D eigenvalue weighted by molar-refractivity contribution is 6.40. The summed E-state index contributed by atoms with van der Waals surface area (Å²) in [5.41, 5.74) is 1.43. The minimum Gasteiger partial charge on any atom is -0.467 e. The summed E-state index contributed by atoms with van der Waals surface area (Å²) in [5, 5.41) is 9.99. The number of benzene rings is 2. The van der Waals surface area contributed by atoms with Gasteiger partial charge in [0.15, 0.2) is 0 Å².